The van der Waals surface area contributed by atoms with Crippen molar-refractivity contribution in [3.05, 3.63) is 29.3 Å². The van der Waals surface area contributed by atoms with E-state index in [1.165, 1.54) is 17.5 Å². The predicted molar refractivity (Wildman–Crippen MR) is 91.0 cm³/mol. The van der Waals surface area contributed by atoms with Gasteiger partial charge in [-0.15, -0.1) is 11.3 Å². The van der Waals surface area contributed by atoms with Gasteiger partial charge in [0.05, 0.1) is 16.8 Å². The van der Waals surface area contributed by atoms with Crippen molar-refractivity contribution in [3.8, 4) is 0 Å². The summed E-state index contributed by atoms with van der Waals surface area (Å²) < 4.78 is 1.17. The Balaban J connectivity index is 1.56. The highest BCUT2D eigenvalue weighted by molar-refractivity contribution is 7.18. The highest BCUT2D eigenvalue weighted by Crippen LogP contribution is 2.24. The second-order valence-electron chi connectivity index (χ2n) is 6.34. The van der Waals surface area contributed by atoms with E-state index in [0.717, 1.165) is 29.3 Å². The number of fused-ring (bicyclic) bond motifs is 1. The van der Waals surface area contributed by atoms with Crippen LogP contribution in [0.25, 0.3) is 10.2 Å². The van der Waals surface area contributed by atoms with Crippen molar-refractivity contribution in [1.82, 2.24) is 15.2 Å². The molecule has 1 fully saturated rings. The van der Waals surface area contributed by atoms with Crippen molar-refractivity contribution in [2.75, 3.05) is 7.05 Å². The summed E-state index contributed by atoms with van der Waals surface area (Å²) in [5.41, 5.74) is 1.01. The summed E-state index contributed by atoms with van der Waals surface area (Å²) in [6.45, 7) is 2.85. The van der Waals surface area contributed by atoms with Gasteiger partial charge >= 0.3 is 6.03 Å². The first-order valence-corrected chi connectivity index (χ1v) is 8.79. The maximum Gasteiger partial charge on any atom is 0.317 e. The zero-order chi connectivity index (χ0) is 15.5. The number of thiazole rings is 1. The lowest BCUT2D eigenvalue weighted by Crippen LogP contribution is -2.44. The van der Waals surface area contributed by atoms with Crippen LogP contribution in [0.5, 0.6) is 0 Å². The molecule has 2 aromatic rings. The molecular weight excluding hydrogens is 294 g/mol. The monoisotopic (exact) mass is 317 g/mol. The molecule has 4 nitrogen and oxygen atoms in total. The van der Waals surface area contributed by atoms with Crippen LogP contribution in [0.1, 0.15) is 37.6 Å². The molecule has 3 rings (SSSR count). The molecule has 118 valence electrons. The van der Waals surface area contributed by atoms with Crippen LogP contribution in [0, 0.1) is 5.92 Å². The van der Waals surface area contributed by atoms with Crippen molar-refractivity contribution in [3.63, 3.8) is 0 Å². The molecule has 22 heavy (non-hydrogen) atoms. The van der Waals surface area contributed by atoms with E-state index < -0.39 is 0 Å². The molecule has 0 spiro atoms. The van der Waals surface area contributed by atoms with Crippen LogP contribution in [0.4, 0.5) is 4.79 Å². The fraction of sp³-hybridized carbons (Fsp3) is 0.529. The molecule has 2 amide bonds. The topological polar surface area (TPSA) is 45.2 Å². The molecule has 5 heteroatoms. The van der Waals surface area contributed by atoms with Crippen molar-refractivity contribution in [2.24, 2.45) is 5.92 Å². The van der Waals surface area contributed by atoms with Crippen molar-refractivity contribution in [2.45, 2.75) is 45.2 Å². The molecule has 1 heterocycles. The third-order valence-corrected chi connectivity index (χ3v) is 5.42. The standard InChI is InChI=1S/C17H23N3OS/c1-12-7-9-13(10-8-12)18-17(21)20(2)11-16-19-14-5-3-4-6-15(14)22-16/h3-6,12-13H,7-11H2,1-2H3,(H,18,21). The number of rotatable bonds is 3. The normalized spacial score (nSPS) is 21.7. The van der Waals surface area contributed by atoms with Crippen LogP contribution in [-0.2, 0) is 6.54 Å². The molecule has 0 bridgehead atoms. The number of carbonyl (C=O) groups is 1. The molecule has 1 aromatic heterocycles. The Bertz CT molecular complexity index is 613. The number of nitrogens with zero attached hydrogens (tertiary/aromatic N) is 2. The van der Waals surface area contributed by atoms with Crippen molar-refractivity contribution >= 4 is 27.6 Å². The maximum atomic E-state index is 12.3. The number of carbonyl (C=O) groups excluding carboxylic acids is 1. The van der Waals surface area contributed by atoms with Crippen LogP contribution in [0.3, 0.4) is 0 Å². The van der Waals surface area contributed by atoms with Gasteiger partial charge in [0, 0.05) is 13.1 Å². The van der Waals surface area contributed by atoms with Gasteiger partial charge in [-0.25, -0.2) is 9.78 Å². The van der Waals surface area contributed by atoms with E-state index in [2.05, 4.69) is 23.3 Å². The lowest BCUT2D eigenvalue weighted by molar-refractivity contribution is 0.195. The molecule has 0 radical (unpaired) electrons. The minimum atomic E-state index is 0.0128. The van der Waals surface area contributed by atoms with Crippen LogP contribution in [0.2, 0.25) is 0 Å². The molecule has 0 saturated heterocycles. The van der Waals surface area contributed by atoms with E-state index in [0.29, 0.717) is 12.6 Å². The Hall–Kier alpha value is -1.62. The molecule has 1 N–H and O–H groups in total. The Morgan fingerprint density at radius 3 is 2.77 bits per heavy atom. The van der Waals surface area contributed by atoms with Crippen LogP contribution in [-0.4, -0.2) is 29.0 Å². The van der Waals surface area contributed by atoms with Gasteiger partial charge in [0.1, 0.15) is 5.01 Å². The average Bonchev–Trinajstić information content (AvgIpc) is 2.91. The Morgan fingerprint density at radius 2 is 2.05 bits per heavy atom. The average molecular weight is 317 g/mol. The van der Waals surface area contributed by atoms with E-state index in [9.17, 15) is 4.79 Å². The molecule has 1 aliphatic rings. The highest BCUT2D eigenvalue weighted by atomic mass is 32.1. The number of hydrogen-bond donors (Lipinski definition) is 1. The smallest absolute Gasteiger partial charge is 0.317 e. The SMILES string of the molecule is CC1CCC(NC(=O)N(C)Cc2nc3ccccc3s2)CC1. The fourth-order valence-corrected chi connectivity index (χ4v) is 3.97. The molecule has 0 atom stereocenters. The summed E-state index contributed by atoms with van der Waals surface area (Å²) in [4.78, 5) is 18.6. The number of hydrogen-bond acceptors (Lipinski definition) is 3. The molecule has 0 aliphatic heterocycles. The van der Waals surface area contributed by atoms with Crippen LogP contribution >= 0.6 is 11.3 Å². The van der Waals surface area contributed by atoms with Gasteiger partial charge in [-0.3, -0.25) is 0 Å². The largest absolute Gasteiger partial charge is 0.335 e. The lowest BCUT2D eigenvalue weighted by atomic mass is 9.87. The number of benzene rings is 1. The van der Waals surface area contributed by atoms with E-state index in [4.69, 9.17) is 0 Å². The Morgan fingerprint density at radius 1 is 1.32 bits per heavy atom. The zero-order valence-electron chi connectivity index (χ0n) is 13.2. The van der Waals surface area contributed by atoms with Gasteiger partial charge in [0.25, 0.3) is 0 Å². The minimum Gasteiger partial charge on any atom is -0.335 e. The van der Waals surface area contributed by atoms with E-state index >= 15 is 0 Å². The van der Waals surface area contributed by atoms with E-state index in [1.807, 2.05) is 25.2 Å². The van der Waals surface area contributed by atoms with Crippen molar-refractivity contribution in [1.29, 1.82) is 0 Å². The van der Waals surface area contributed by atoms with Gasteiger partial charge in [0.2, 0.25) is 0 Å². The summed E-state index contributed by atoms with van der Waals surface area (Å²) in [5, 5.41) is 4.14. The number of para-hydroxylation sites is 1. The van der Waals surface area contributed by atoms with E-state index in [1.54, 1.807) is 16.2 Å². The summed E-state index contributed by atoms with van der Waals surface area (Å²) in [6, 6.07) is 8.44. The first kappa shape index (κ1) is 15.3. The number of aromatic nitrogens is 1. The summed E-state index contributed by atoms with van der Waals surface area (Å²) >= 11 is 1.66. The van der Waals surface area contributed by atoms with Gasteiger partial charge in [0.15, 0.2) is 0 Å². The van der Waals surface area contributed by atoms with Gasteiger partial charge in [-0.2, -0.15) is 0 Å². The second kappa shape index (κ2) is 6.65. The summed E-state index contributed by atoms with van der Waals surface area (Å²) in [7, 11) is 1.84. The van der Waals surface area contributed by atoms with Gasteiger partial charge in [-0.05, 0) is 43.7 Å². The second-order valence-corrected chi connectivity index (χ2v) is 7.45. The quantitative estimate of drug-likeness (QED) is 0.929. The summed E-state index contributed by atoms with van der Waals surface area (Å²) in [6.07, 6.45) is 4.63. The molecule has 1 aliphatic carbocycles. The maximum absolute atomic E-state index is 12.3. The van der Waals surface area contributed by atoms with E-state index in [-0.39, 0.29) is 6.03 Å². The Kier molecular flexibility index (Phi) is 4.62. The van der Waals surface area contributed by atoms with Gasteiger partial charge in [-0.1, -0.05) is 19.1 Å². The molecular formula is C17H23N3OS. The minimum absolute atomic E-state index is 0.0128. The summed E-state index contributed by atoms with van der Waals surface area (Å²) in [5.74, 6) is 0.800. The fourth-order valence-electron chi connectivity index (χ4n) is 2.95. The Labute approximate surface area is 135 Å². The predicted octanol–water partition coefficient (Wildman–Crippen LogP) is 4.02. The zero-order valence-corrected chi connectivity index (χ0v) is 14.0. The number of nitrogens with one attached hydrogen (secondary N) is 1. The highest BCUT2D eigenvalue weighted by Gasteiger charge is 2.21. The first-order chi connectivity index (χ1) is 10.6. The first-order valence-electron chi connectivity index (χ1n) is 7.98. The molecule has 0 unspecified atom stereocenters. The van der Waals surface area contributed by atoms with Crippen LogP contribution < -0.4 is 5.32 Å². The number of amides is 2. The third kappa shape index (κ3) is 3.58. The van der Waals surface area contributed by atoms with Crippen LogP contribution in [0.15, 0.2) is 24.3 Å². The van der Waals surface area contributed by atoms with Crippen molar-refractivity contribution < 1.29 is 4.79 Å². The lowest BCUT2D eigenvalue weighted by Gasteiger charge is -2.28. The molecule has 1 aromatic carbocycles. The number of urea groups is 1. The molecule has 1 saturated carbocycles. The third-order valence-electron chi connectivity index (χ3n) is 4.40. The van der Waals surface area contributed by atoms with Gasteiger partial charge < -0.3 is 10.2 Å².